The van der Waals surface area contributed by atoms with Crippen LogP contribution in [-0.4, -0.2) is 25.2 Å². The fraction of sp³-hybridized carbons (Fsp3) is 0.692. The van der Waals surface area contributed by atoms with Crippen LogP contribution < -0.4 is 0 Å². The van der Waals surface area contributed by atoms with Gasteiger partial charge in [0.2, 0.25) is 0 Å². The van der Waals surface area contributed by atoms with Gasteiger partial charge in [0.15, 0.2) is 0 Å². The van der Waals surface area contributed by atoms with Crippen LogP contribution in [-0.2, 0) is 9.47 Å². The fourth-order valence-electron chi connectivity index (χ4n) is 3.36. The Hall–Kier alpha value is -1.11. The molecule has 1 aromatic carbocycles. The number of carbonyl (C=O) groups is 2. The van der Waals surface area contributed by atoms with Crippen molar-refractivity contribution in [2.75, 3.05) is 13.2 Å². The molecule has 31 heavy (non-hydrogen) atoms. The van der Waals surface area contributed by atoms with Crippen molar-refractivity contribution in [3.63, 3.8) is 0 Å². The standard InChI is InChI=1S/C26H41IO4/c1-20(2)13-9-5-7-11-17-30-25(28)23-16-15-22(27)19-24(23)26(29)31-18-12-8-6-10-14-21(3)4/h15-16,19-21H,5-14,17-18H2,1-4H3. The number of hydrogen-bond acceptors (Lipinski definition) is 4. The van der Waals surface area contributed by atoms with E-state index in [-0.39, 0.29) is 0 Å². The lowest BCUT2D eigenvalue weighted by molar-refractivity contribution is 0.0450. The van der Waals surface area contributed by atoms with Crippen molar-refractivity contribution in [1.29, 1.82) is 0 Å². The molecule has 0 saturated heterocycles. The zero-order chi connectivity index (χ0) is 23.1. The number of ether oxygens (including phenoxy) is 2. The maximum Gasteiger partial charge on any atom is 0.339 e. The number of halogens is 1. The molecule has 0 unspecified atom stereocenters. The van der Waals surface area contributed by atoms with Crippen LogP contribution in [0.3, 0.4) is 0 Å². The average molecular weight is 545 g/mol. The van der Waals surface area contributed by atoms with Crippen molar-refractivity contribution in [3.05, 3.63) is 32.9 Å². The Morgan fingerprint density at radius 3 is 1.65 bits per heavy atom. The molecule has 0 aliphatic rings. The number of carbonyl (C=O) groups excluding carboxylic acids is 2. The molecule has 0 aliphatic carbocycles. The van der Waals surface area contributed by atoms with Crippen LogP contribution in [0, 0.1) is 15.4 Å². The molecule has 1 rings (SSSR count). The molecule has 1 aromatic rings. The molecule has 0 heterocycles. The van der Waals surface area contributed by atoms with Crippen LogP contribution in [0.2, 0.25) is 0 Å². The molecule has 0 radical (unpaired) electrons. The molecule has 0 saturated carbocycles. The zero-order valence-electron chi connectivity index (χ0n) is 19.9. The van der Waals surface area contributed by atoms with Gasteiger partial charge in [-0.05, 0) is 65.5 Å². The van der Waals surface area contributed by atoms with Gasteiger partial charge in [0.05, 0.1) is 24.3 Å². The molecule has 0 atom stereocenters. The van der Waals surface area contributed by atoms with E-state index in [1.807, 2.05) is 6.07 Å². The van der Waals surface area contributed by atoms with Gasteiger partial charge < -0.3 is 9.47 Å². The Labute approximate surface area is 203 Å². The van der Waals surface area contributed by atoms with Crippen LogP contribution in [0.1, 0.15) is 113 Å². The van der Waals surface area contributed by atoms with Gasteiger partial charge in [0.1, 0.15) is 0 Å². The van der Waals surface area contributed by atoms with E-state index in [1.54, 1.807) is 12.1 Å². The van der Waals surface area contributed by atoms with E-state index < -0.39 is 11.9 Å². The van der Waals surface area contributed by atoms with Crippen LogP contribution >= 0.6 is 22.6 Å². The van der Waals surface area contributed by atoms with Gasteiger partial charge in [-0.15, -0.1) is 0 Å². The number of hydrogen-bond donors (Lipinski definition) is 0. The first-order valence-corrected chi connectivity index (χ1v) is 13.0. The topological polar surface area (TPSA) is 52.6 Å². The van der Waals surface area contributed by atoms with Crippen molar-refractivity contribution >= 4 is 34.5 Å². The minimum atomic E-state index is -0.445. The molecule has 0 spiro atoms. The Morgan fingerprint density at radius 1 is 0.710 bits per heavy atom. The summed E-state index contributed by atoms with van der Waals surface area (Å²) in [5.74, 6) is 0.587. The van der Waals surface area contributed by atoms with Crippen LogP contribution in [0.25, 0.3) is 0 Å². The van der Waals surface area contributed by atoms with Crippen LogP contribution in [0.4, 0.5) is 0 Å². The smallest absolute Gasteiger partial charge is 0.339 e. The maximum absolute atomic E-state index is 12.6. The number of unbranched alkanes of at least 4 members (excludes halogenated alkanes) is 6. The number of benzene rings is 1. The average Bonchev–Trinajstić information content (AvgIpc) is 2.71. The summed E-state index contributed by atoms with van der Waals surface area (Å²) in [7, 11) is 0. The lowest BCUT2D eigenvalue weighted by Gasteiger charge is -2.11. The van der Waals surface area contributed by atoms with Gasteiger partial charge in [0.25, 0.3) is 0 Å². The van der Waals surface area contributed by atoms with Crippen LogP contribution in [0.5, 0.6) is 0 Å². The SMILES string of the molecule is CC(C)CCCCCCOC(=O)c1ccc(I)cc1C(=O)OCCCCCCC(C)C. The lowest BCUT2D eigenvalue weighted by atomic mass is 10.0. The van der Waals surface area contributed by atoms with Gasteiger partial charge in [-0.1, -0.05) is 79.1 Å². The van der Waals surface area contributed by atoms with E-state index in [1.165, 1.54) is 25.7 Å². The molecule has 0 amide bonds. The van der Waals surface area contributed by atoms with Crippen molar-refractivity contribution < 1.29 is 19.1 Å². The largest absolute Gasteiger partial charge is 0.462 e. The minimum absolute atomic E-state index is 0.294. The Kier molecular flexibility index (Phi) is 14.9. The summed E-state index contributed by atoms with van der Waals surface area (Å²) >= 11 is 2.14. The molecule has 176 valence electrons. The third kappa shape index (κ3) is 13.1. The van der Waals surface area contributed by atoms with E-state index in [9.17, 15) is 9.59 Å². The Morgan fingerprint density at radius 2 is 1.16 bits per heavy atom. The third-order valence-corrected chi connectivity index (χ3v) is 5.91. The molecule has 0 bridgehead atoms. The van der Waals surface area contributed by atoms with Gasteiger partial charge in [-0.25, -0.2) is 9.59 Å². The first-order valence-electron chi connectivity index (χ1n) is 11.9. The summed E-state index contributed by atoms with van der Waals surface area (Å²) in [4.78, 5) is 25.1. The third-order valence-electron chi connectivity index (χ3n) is 5.24. The molecular formula is C26H41IO4. The highest BCUT2D eigenvalue weighted by molar-refractivity contribution is 14.1. The predicted octanol–water partition coefficient (Wildman–Crippen LogP) is 7.82. The van der Waals surface area contributed by atoms with Gasteiger partial charge >= 0.3 is 11.9 Å². The molecular weight excluding hydrogens is 503 g/mol. The zero-order valence-corrected chi connectivity index (χ0v) is 22.0. The molecule has 0 aromatic heterocycles. The predicted molar refractivity (Wildman–Crippen MR) is 136 cm³/mol. The first-order chi connectivity index (χ1) is 14.8. The fourth-order valence-corrected chi connectivity index (χ4v) is 3.86. The summed E-state index contributed by atoms with van der Waals surface area (Å²) in [6.45, 7) is 9.71. The van der Waals surface area contributed by atoms with E-state index >= 15 is 0 Å². The molecule has 4 nitrogen and oxygen atoms in total. The second-order valence-corrected chi connectivity index (χ2v) is 10.4. The van der Waals surface area contributed by atoms with Crippen molar-refractivity contribution in [1.82, 2.24) is 0 Å². The summed E-state index contributed by atoms with van der Waals surface area (Å²) in [5, 5.41) is 0. The highest BCUT2D eigenvalue weighted by Crippen LogP contribution is 2.18. The van der Waals surface area contributed by atoms with E-state index in [4.69, 9.17) is 9.47 Å². The van der Waals surface area contributed by atoms with E-state index in [0.717, 1.165) is 53.9 Å². The quantitative estimate of drug-likeness (QED) is 0.121. The highest BCUT2D eigenvalue weighted by atomic mass is 127. The lowest BCUT2D eigenvalue weighted by Crippen LogP contribution is -2.15. The van der Waals surface area contributed by atoms with Crippen LogP contribution in [0.15, 0.2) is 18.2 Å². The molecule has 0 N–H and O–H groups in total. The molecule has 5 heteroatoms. The summed E-state index contributed by atoms with van der Waals surface area (Å²) in [5.41, 5.74) is 0.593. The van der Waals surface area contributed by atoms with Gasteiger partial charge in [-0.3, -0.25) is 0 Å². The second kappa shape index (κ2) is 16.5. The molecule has 0 fully saturated rings. The first kappa shape index (κ1) is 27.9. The van der Waals surface area contributed by atoms with Crippen molar-refractivity contribution in [2.45, 2.75) is 91.9 Å². The molecule has 0 aliphatic heterocycles. The normalized spacial score (nSPS) is 11.2. The van der Waals surface area contributed by atoms with E-state index in [0.29, 0.717) is 24.3 Å². The van der Waals surface area contributed by atoms with Gasteiger partial charge in [-0.2, -0.15) is 0 Å². The Bertz CT molecular complexity index is 655. The number of rotatable bonds is 16. The van der Waals surface area contributed by atoms with Crippen molar-refractivity contribution in [3.8, 4) is 0 Å². The van der Waals surface area contributed by atoms with E-state index in [2.05, 4.69) is 50.3 Å². The summed E-state index contributed by atoms with van der Waals surface area (Å²) in [6, 6.07) is 5.18. The summed E-state index contributed by atoms with van der Waals surface area (Å²) in [6.07, 6.45) is 11.1. The second-order valence-electron chi connectivity index (χ2n) is 9.16. The number of esters is 2. The Balaban J connectivity index is 2.41. The van der Waals surface area contributed by atoms with Gasteiger partial charge in [0, 0.05) is 3.57 Å². The monoisotopic (exact) mass is 544 g/mol. The maximum atomic E-state index is 12.6. The van der Waals surface area contributed by atoms with Crippen molar-refractivity contribution in [2.24, 2.45) is 11.8 Å². The minimum Gasteiger partial charge on any atom is -0.462 e. The highest BCUT2D eigenvalue weighted by Gasteiger charge is 2.20. The summed E-state index contributed by atoms with van der Waals surface area (Å²) < 4.78 is 11.8.